The molecule has 0 spiro atoms. The number of carboxylic acid groups (broad SMARTS) is 2. The summed E-state index contributed by atoms with van der Waals surface area (Å²) in [5.41, 5.74) is 0. The Balaban J connectivity index is 0.000000315. The lowest BCUT2D eigenvalue weighted by atomic mass is 10.2. The van der Waals surface area contributed by atoms with Gasteiger partial charge in [-0.3, -0.25) is 0 Å². The van der Waals surface area contributed by atoms with Gasteiger partial charge in [-0.15, -0.1) is 0 Å². The fourth-order valence-corrected chi connectivity index (χ4v) is 1.61. The van der Waals surface area contributed by atoms with Crippen molar-refractivity contribution in [2.45, 2.75) is 12.2 Å². The Hall–Kier alpha value is -1.30. The molecule has 2 heterocycles. The van der Waals surface area contributed by atoms with E-state index in [2.05, 4.69) is 21.3 Å². The number of quaternary nitrogens is 2. The second-order valence-corrected chi connectivity index (χ2v) is 4.76. The lowest BCUT2D eigenvalue weighted by molar-refractivity contribution is -0.657. The number of carbonyl (C=O) groups excluding carboxylic acids is 2. The molecule has 2 aliphatic rings. The maximum absolute atomic E-state index is 9.63. The third kappa shape index (κ3) is 11.4. The highest BCUT2D eigenvalue weighted by molar-refractivity contribution is 5.80. The van der Waals surface area contributed by atoms with Gasteiger partial charge in [0.1, 0.15) is 12.2 Å². The van der Waals surface area contributed by atoms with Crippen LogP contribution in [0.25, 0.3) is 0 Å². The second-order valence-electron chi connectivity index (χ2n) is 4.76. The molecule has 0 saturated carbocycles. The summed E-state index contributed by atoms with van der Waals surface area (Å²) in [6.07, 6.45) is -4.88. The Morgan fingerprint density at radius 1 is 0.773 bits per heavy atom. The number of nitrogens with one attached hydrogen (secondary N) is 2. The summed E-state index contributed by atoms with van der Waals surface area (Å²) in [4.78, 5) is 19.3. The lowest BCUT2D eigenvalue weighted by Crippen LogP contribution is -2.89. The van der Waals surface area contributed by atoms with Gasteiger partial charge in [-0.25, -0.2) is 0 Å². The quantitative estimate of drug-likeness (QED) is 0.296. The maximum Gasteiger partial charge on any atom is 0.124 e. The predicted octanol–water partition coefficient (Wildman–Crippen LogP) is -8.49. The SMILES string of the molecule is C1C[NH2+]CCN1.C1C[NH2+]CCN1.O=C([O-])[C@H](O)[C@@H](O)C(=O)[O-]. The van der Waals surface area contributed by atoms with Crippen LogP contribution in [0.3, 0.4) is 0 Å². The zero-order chi connectivity index (χ0) is 16.8. The molecule has 0 radical (unpaired) electrons. The van der Waals surface area contributed by atoms with Gasteiger partial charge in [0.25, 0.3) is 0 Å². The van der Waals surface area contributed by atoms with Crippen LogP contribution < -0.4 is 31.5 Å². The minimum atomic E-state index is -2.44. The van der Waals surface area contributed by atoms with Crippen molar-refractivity contribution in [3.05, 3.63) is 0 Å². The predicted molar refractivity (Wildman–Crippen MR) is 71.1 cm³/mol. The monoisotopic (exact) mass is 322 g/mol. The van der Waals surface area contributed by atoms with Crippen molar-refractivity contribution in [2.24, 2.45) is 0 Å². The zero-order valence-electron chi connectivity index (χ0n) is 12.5. The Kier molecular flexibility index (Phi) is 12.6. The van der Waals surface area contributed by atoms with E-state index in [-0.39, 0.29) is 0 Å². The Morgan fingerprint density at radius 2 is 1.05 bits per heavy atom. The van der Waals surface area contributed by atoms with E-state index in [0.717, 1.165) is 0 Å². The van der Waals surface area contributed by atoms with Crippen molar-refractivity contribution in [3.8, 4) is 0 Å². The second kappa shape index (κ2) is 13.4. The molecule has 0 amide bonds. The largest absolute Gasteiger partial charge is 0.547 e. The topological polar surface area (TPSA) is 178 Å². The number of carbonyl (C=O) groups is 2. The molecule has 2 fully saturated rings. The summed E-state index contributed by atoms with van der Waals surface area (Å²) in [6.45, 7) is 9.83. The molecule has 2 atom stereocenters. The van der Waals surface area contributed by atoms with Crippen molar-refractivity contribution in [1.82, 2.24) is 10.6 Å². The molecule has 130 valence electrons. The standard InChI is InChI=1S/2C4H10N2.C4H6O6/c2*1-2-6-4-3-5-1;5-1(3(7)8)2(6)4(9)10/h2*5-6H,1-4H2;1-2,5-6H,(H,7,8)(H,9,10)/t;;1-,2-/m..1/s1. The molecule has 0 aromatic carbocycles. The Bertz CT molecular complexity index is 257. The van der Waals surface area contributed by atoms with Gasteiger partial charge in [-0.2, -0.15) is 0 Å². The molecule has 0 unspecified atom stereocenters. The first-order valence-corrected chi connectivity index (χ1v) is 7.29. The van der Waals surface area contributed by atoms with E-state index in [0.29, 0.717) is 0 Å². The van der Waals surface area contributed by atoms with Gasteiger partial charge in [-0.1, -0.05) is 0 Å². The van der Waals surface area contributed by atoms with Gasteiger partial charge in [0.15, 0.2) is 0 Å². The van der Waals surface area contributed by atoms with Crippen molar-refractivity contribution >= 4 is 11.9 Å². The number of rotatable bonds is 3. The van der Waals surface area contributed by atoms with Gasteiger partial charge < -0.3 is 51.3 Å². The van der Waals surface area contributed by atoms with Crippen LogP contribution in [-0.4, -0.2) is 86.7 Å². The number of aliphatic hydroxyl groups excluding tert-OH is 2. The number of aliphatic carboxylic acids is 2. The van der Waals surface area contributed by atoms with Gasteiger partial charge in [0.2, 0.25) is 0 Å². The molecule has 2 aliphatic heterocycles. The van der Waals surface area contributed by atoms with Crippen LogP contribution in [-0.2, 0) is 9.59 Å². The zero-order valence-corrected chi connectivity index (χ0v) is 12.5. The fraction of sp³-hybridized carbons (Fsp3) is 0.833. The number of nitrogens with two attached hydrogens (primary N) is 2. The van der Waals surface area contributed by atoms with E-state index in [1.807, 2.05) is 0 Å². The van der Waals surface area contributed by atoms with E-state index in [9.17, 15) is 19.8 Å². The molecule has 10 nitrogen and oxygen atoms in total. The van der Waals surface area contributed by atoms with E-state index in [1.54, 1.807) is 0 Å². The molecule has 2 saturated heterocycles. The summed E-state index contributed by atoms with van der Waals surface area (Å²) in [5.74, 6) is -4.12. The molecular weight excluding hydrogens is 296 g/mol. The molecule has 8 N–H and O–H groups in total. The van der Waals surface area contributed by atoms with Crippen LogP contribution in [0.15, 0.2) is 0 Å². The first-order chi connectivity index (χ1) is 10.5. The van der Waals surface area contributed by atoms with E-state index < -0.39 is 24.1 Å². The summed E-state index contributed by atoms with van der Waals surface area (Å²) in [7, 11) is 0. The highest BCUT2D eigenvalue weighted by Gasteiger charge is 2.17. The van der Waals surface area contributed by atoms with Crippen LogP contribution >= 0.6 is 0 Å². The highest BCUT2D eigenvalue weighted by Crippen LogP contribution is 1.88. The Labute approximate surface area is 128 Å². The summed E-state index contributed by atoms with van der Waals surface area (Å²) in [6, 6.07) is 0. The maximum atomic E-state index is 9.63. The first kappa shape index (κ1) is 20.7. The van der Waals surface area contributed by atoms with Crippen LogP contribution in [0.2, 0.25) is 0 Å². The van der Waals surface area contributed by atoms with Crippen molar-refractivity contribution in [2.75, 3.05) is 52.4 Å². The smallest absolute Gasteiger partial charge is 0.124 e. The first-order valence-electron chi connectivity index (χ1n) is 7.29. The van der Waals surface area contributed by atoms with Crippen molar-refractivity contribution < 1.29 is 40.6 Å². The fourth-order valence-electron chi connectivity index (χ4n) is 1.61. The number of piperazine rings is 2. The molecule has 0 aromatic rings. The molecule has 22 heavy (non-hydrogen) atoms. The number of hydrogen-bond acceptors (Lipinski definition) is 8. The van der Waals surface area contributed by atoms with Crippen LogP contribution in [0.5, 0.6) is 0 Å². The Morgan fingerprint density at radius 3 is 1.14 bits per heavy atom. The normalized spacial score (nSPS) is 20.3. The minimum Gasteiger partial charge on any atom is -0.547 e. The van der Waals surface area contributed by atoms with Crippen LogP contribution in [0.1, 0.15) is 0 Å². The third-order valence-electron chi connectivity index (χ3n) is 2.88. The minimum absolute atomic E-state index is 1.19. The average Bonchev–Trinajstić information content (AvgIpc) is 2.57. The summed E-state index contributed by atoms with van der Waals surface area (Å²) < 4.78 is 0. The van der Waals surface area contributed by atoms with E-state index >= 15 is 0 Å². The third-order valence-corrected chi connectivity index (χ3v) is 2.88. The summed E-state index contributed by atoms with van der Waals surface area (Å²) in [5, 5.41) is 46.9. The van der Waals surface area contributed by atoms with Gasteiger partial charge in [0.05, 0.1) is 38.1 Å². The van der Waals surface area contributed by atoms with Gasteiger partial charge >= 0.3 is 0 Å². The molecule has 10 heteroatoms. The molecule has 0 bridgehead atoms. The number of carboxylic acids is 2. The highest BCUT2D eigenvalue weighted by atomic mass is 16.4. The van der Waals surface area contributed by atoms with E-state index in [4.69, 9.17) is 10.2 Å². The van der Waals surface area contributed by atoms with Gasteiger partial charge in [0, 0.05) is 26.2 Å². The molecular formula is C12H26N4O6. The van der Waals surface area contributed by atoms with Crippen LogP contribution in [0, 0.1) is 0 Å². The molecule has 0 aromatic heterocycles. The van der Waals surface area contributed by atoms with Crippen molar-refractivity contribution in [3.63, 3.8) is 0 Å². The number of hydrogen-bond donors (Lipinski definition) is 6. The number of aliphatic hydroxyl groups is 2. The molecule has 2 rings (SSSR count). The van der Waals surface area contributed by atoms with Gasteiger partial charge in [-0.05, 0) is 0 Å². The average molecular weight is 322 g/mol. The molecule has 0 aliphatic carbocycles. The van der Waals surface area contributed by atoms with E-state index in [1.165, 1.54) is 52.4 Å². The van der Waals surface area contributed by atoms with Crippen molar-refractivity contribution in [1.29, 1.82) is 0 Å². The van der Waals surface area contributed by atoms with Crippen LogP contribution in [0.4, 0.5) is 0 Å². The summed E-state index contributed by atoms with van der Waals surface area (Å²) >= 11 is 0. The lowest BCUT2D eigenvalue weighted by Gasteiger charge is -2.18.